The zero-order chi connectivity index (χ0) is 16.4. The molecule has 1 aromatic rings. The zero-order valence-electron chi connectivity index (χ0n) is 13.3. The lowest BCUT2D eigenvalue weighted by molar-refractivity contribution is 0.0792. The third-order valence-corrected chi connectivity index (χ3v) is 6.40. The molecule has 1 fully saturated rings. The number of sulfonamides is 1. The summed E-state index contributed by atoms with van der Waals surface area (Å²) in [6, 6.07) is 6.33. The second-order valence-electron chi connectivity index (χ2n) is 6.01. The second kappa shape index (κ2) is 6.45. The summed E-state index contributed by atoms with van der Waals surface area (Å²) in [6.45, 7) is 3.87. The van der Waals surface area contributed by atoms with Gasteiger partial charge in [0.15, 0.2) is 0 Å². The molecule has 0 aliphatic carbocycles. The van der Waals surface area contributed by atoms with Crippen molar-refractivity contribution in [2.75, 3.05) is 19.6 Å². The molecule has 1 atom stereocenters. The first-order valence-corrected chi connectivity index (χ1v) is 9.56. The maximum atomic E-state index is 12.9. The Balaban J connectivity index is 1.88. The van der Waals surface area contributed by atoms with Crippen molar-refractivity contribution in [3.05, 3.63) is 42.0 Å². The first kappa shape index (κ1) is 16.2. The van der Waals surface area contributed by atoms with E-state index in [9.17, 15) is 13.2 Å². The molecule has 6 heteroatoms. The molecule has 0 aromatic heterocycles. The largest absolute Gasteiger partial charge is 0.339 e. The normalized spacial score (nSPS) is 22.0. The molecular formula is C17H22N2O3S. The highest BCUT2D eigenvalue weighted by Gasteiger charge is 2.32. The predicted molar refractivity (Wildman–Crippen MR) is 88.7 cm³/mol. The van der Waals surface area contributed by atoms with Crippen LogP contribution in [0, 0.1) is 0 Å². The molecule has 1 aromatic carbocycles. The lowest BCUT2D eigenvalue weighted by atomic mass is 10.2. The van der Waals surface area contributed by atoms with Gasteiger partial charge in [-0.3, -0.25) is 4.79 Å². The number of hydrogen-bond donors (Lipinski definition) is 0. The van der Waals surface area contributed by atoms with Crippen LogP contribution in [0.2, 0.25) is 0 Å². The van der Waals surface area contributed by atoms with E-state index in [1.54, 1.807) is 23.1 Å². The van der Waals surface area contributed by atoms with E-state index < -0.39 is 10.0 Å². The van der Waals surface area contributed by atoms with Crippen molar-refractivity contribution >= 4 is 15.9 Å². The Hall–Kier alpha value is -1.66. The van der Waals surface area contributed by atoms with E-state index in [1.807, 2.05) is 19.1 Å². The fraction of sp³-hybridized carbons (Fsp3) is 0.471. The van der Waals surface area contributed by atoms with E-state index in [-0.39, 0.29) is 16.8 Å². The van der Waals surface area contributed by atoms with Gasteiger partial charge in [-0.05, 0) is 37.5 Å². The fourth-order valence-corrected chi connectivity index (χ4v) is 4.85. The Morgan fingerprint density at radius 3 is 2.70 bits per heavy atom. The van der Waals surface area contributed by atoms with Gasteiger partial charge < -0.3 is 4.90 Å². The van der Waals surface area contributed by atoms with Gasteiger partial charge in [-0.25, -0.2) is 8.42 Å². The predicted octanol–water partition coefficient (Wildman–Crippen LogP) is 2.26. The first-order chi connectivity index (χ1) is 11.0. The van der Waals surface area contributed by atoms with Crippen LogP contribution in [-0.4, -0.2) is 49.2 Å². The number of hydrogen-bond acceptors (Lipinski definition) is 3. The van der Waals surface area contributed by atoms with Gasteiger partial charge in [0.25, 0.3) is 5.91 Å². The van der Waals surface area contributed by atoms with Gasteiger partial charge in [0.1, 0.15) is 0 Å². The molecule has 0 bridgehead atoms. The number of nitrogens with zero attached hydrogens (tertiary/aromatic N) is 2. The molecule has 23 heavy (non-hydrogen) atoms. The second-order valence-corrected chi connectivity index (χ2v) is 7.90. The van der Waals surface area contributed by atoms with Crippen LogP contribution in [0.5, 0.6) is 0 Å². The zero-order valence-corrected chi connectivity index (χ0v) is 14.1. The molecule has 3 rings (SSSR count). The Morgan fingerprint density at radius 1 is 1.26 bits per heavy atom. The molecule has 0 radical (unpaired) electrons. The van der Waals surface area contributed by atoms with Crippen LogP contribution in [0.1, 0.15) is 36.5 Å². The van der Waals surface area contributed by atoms with Crippen molar-refractivity contribution in [3.63, 3.8) is 0 Å². The van der Waals surface area contributed by atoms with E-state index in [1.165, 1.54) is 10.4 Å². The van der Waals surface area contributed by atoms with Crippen molar-refractivity contribution in [2.24, 2.45) is 0 Å². The number of rotatable bonds is 4. The maximum Gasteiger partial charge on any atom is 0.253 e. The lowest BCUT2D eigenvalue weighted by Gasteiger charge is -2.23. The van der Waals surface area contributed by atoms with Crippen molar-refractivity contribution in [3.8, 4) is 0 Å². The van der Waals surface area contributed by atoms with E-state index in [2.05, 4.69) is 0 Å². The van der Waals surface area contributed by atoms with Crippen LogP contribution in [0.4, 0.5) is 0 Å². The highest BCUT2D eigenvalue weighted by Crippen LogP contribution is 2.25. The molecule has 2 aliphatic rings. The summed E-state index contributed by atoms with van der Waals surface area (Å²) in [7, 11) is -3.58. The highest BCUT2D eigenvalue weighted by atomic mass is 32.2. The summed E-state index contributed by atoms with van der Waals surface area (Å²) in [5.74, 6) is -0.0776. The summed E-state index contributed by atoms with van der Waals surface area (Å²) in [4.78, 5) is 14.5. The summed E-state index contributed by atoms with van der Waals surface area (Å²) in [6.07, 6.45) is 6.58. The minimum atomic E-state index is -3.58. The average molecular weight is 334 g/mol. The van der Waals surface area contributed by atoms with Gasteiger partial charge in [0.2, 0.25) is 10.0 Å². The molecule has 2 aliphatic heterocycles. The number of likely N-dealkylation sites (tertiary alicyclic amines) is 1. The van der Waals surface area contributed by atoms with Crippen LogP contribution in [-0.2, 0) is 10.0 Å². The first-order valence-electron chi connectivity index (χ1n) is 8.12. The average Bonchev–Trinajstić information content (AvgIpc) is 3.25. The number of carbonyl (C=O) groups is 1. The van der Waals surface area contributed by atoms with E-state index in [4.69, 9.17) is 0 Å². The van der Waals surface area contributed by atoms with Gasteiger partial charge in [-0.1, -0.05) is 25.1 Å². The maximum absolute atomic E-state index is 12.9. The Kier molecular flexibility index (Phi) is 4.55. The number of amides is 1. The molecule has 1 saturated heterocycles. The Morgan fingerprint density at radius 2 is 2.00 bits per heavy atom. The van der Waals surface area contributed by atoms with Gasteiger partial charge in [0.05, 0.1) is 4.90 Å². The third-order valence-electron chi connectivity index (χ3n) is 4.51. The summed E-state index contributed by atoms with van der Waals surface area (Å²) in [5.41, 5.74) is 0.452. The number of benzene rings is 1. The highest BCUT2D eigenvalue weighted by molar-refractivity contribution is 7.89. The minimum absolute atomic E-state index is 0.0776. The smallest absolute Gasteiger partial charge is 0.253 e. The monoisotopic (exact) mass is 334 g/mol. The van der Waals surface area contributed by atoms with Crippen molar-refractivity contribution in [1.82, 2.24) is 9.21 Å². The van der Waals surface area contributed by atoms with Crippen molar-refractivity contribution in [1.29, 1.82) is 0 Å². The van der Waals surface area contributed by atoms with E-state index >= 15 is 0 Å². The molecule has 2 heterocycles. The topological polar surface area (TPSA) is 57.7 Å². The lowest BCUT2D eigenvalue weighted by Crippen LogP contribution is -2.36. The summed E-state index contributed by atoms with van der Waals surface area (Å²) >= 11 is 0. The SMILES string of the molecule is CCC1C=CCN1S(=O)(=O)c1cccc(C(=O)N2CCCC2)c1. The molecule has 1 amide bonds. The van der Waals surface area contributed by atoms with E-state index in [0.717, 1.165) is 32.4 Å². The van der Waals surface area contributed by atoms with Crippen LogP contribution < -0.4 is 0 Å². The molecule has 0 saturated carbocycles. The fourth-order valence-electron chi connectivity index (χ4n) is 3.20. The van der Waals surface area contributed by atoms with Gasteiger partial charge in [0, 0.05) is 31.2 Å². The molecular weight excluding hydrogens is 312 g/mol. The van der Waals surface area contributed by atoms with Gasteiger partial charge >= 0.3 is 0 Å². The van der Waals surface area contributed by atoms with E-state index in [0.29, 0.717) is 12.1 Å². The van der Waals surface area contributed by atoms with Crippen molar-refractivity contribution in [2.45, 2.75) is 37.1 Å². The molecule has 5 nitrogen and oxygen atoms in total. The van der Waals surface area contributed by atoms with Crippen LogP contribution in [0.3, 0.4) is 0 Å². The van der Waals surface area contributed by atoms with Gasteiger partial charge in [-0.15, -0.1) is 0 Å². The van der Waals surface area contributed by atoms with Crippen LogP contribution >= 0.6 is 0 Å². The minimum Gasteiger partial charge on any atom is -0.339 e. The molecule has 0 spiro atoms. The Bertz CT molecular complexity index is 721. The van der Waals surface area contributed by atoms with Crippen LogP contribution in [0.25, 0.3) is 0 Å². The molecule has 124 valence electrons. The van der Waals surface area contributed by atoms with Crippen molar-refractivity contribution < 1.29 is 13.2 Å². The quantitative estimate of drug-likeness (QED) is 0.794. The molecule has 0 N–H and O–H groups in total. The third kappa shape index (κ3) is 3.05. The standard InChI is InChI=1S/C17H22N2O3S/c1-2-15-8-6-12-19(15)23(21,22)16-9-5-7-14(13-16)17(20)18-10-3-4-11-18/h5-9,13,15H,2-4,10-12H2,1H3. The summed E-state index contributed by atoms with van der Waals surface area (Å²) in [5, 5.41) is 0. The van der Waals surface area contributed by atoms with Gasteiger partial charge in [-0.2, -0.15) is 4.31 Å². The Labute approximate surface area is 137 Å². The summed E-state index contributed by atoms with van der Waals surface area (Å²) < 4.78 is 27.2. The number of carbonyl (C=O) groups excluding carboxylic acids is 1. The van der Waals surface area contributed by atoms with Crippen LogP contribution in [0.15, 0.2) is 41.3 Å². The molecule has 1 unspecified atom stereocenters.